The number of carboxylic acids is 1. The Hall–Kier alpha value is -2.83. The molecule has 2 aliphatic heterocycles. The van der Waals surface area contributed by atoms with Crippen LogP contribution in [0.25, 0.3) is 0 Å². The van der Waals surface area contributed by atoms with Gasteiger partial charge in [0.15, 0.2) is 6.10 Å². The number of amides is 2. The minimum atomic E-state index is -1.40. The number of aliphatic carboxylic acids is 1. The third-order valence-corrected chi connectivity index (χ3v) is 7.36. The van der Waals surface area contributed by atoms with Crippen molar-refractivity contribution in [3.8, 4) is 0 Å². The number of nitrogens with zero attached hydrogens (tertiary/aromatic N) is 4. The van der Waals surface area contributed by atoms with E-state index in [0.29, 0.717) is 11.3 Å². The summed E-state index contributed by atoms with van der Waals surface area (Å²) in [5.41, 5.74) is 0.524. The topological polar surface area (TPSA) is 138 Å². The molecule has 4 rings (SSSR count). The Morgan fingerprint density at radius 2 is 2.07 bits per heavy atom. The number of carbonyl (C=O) groups excluding carboxylic acids is 2. The Balaban J connectivity index is 1.45. The van der Waals surface area contributed by atoms with Gasteiger partial charge in [0.05, 0.1) is 23.2 Å². The maximum Gasteiger partial charge on any atom is 0.334 e. The number of carboxylic acid groups (broad SMARTS) is 1. The summed E-state index contributed by atoms with van der Waals surface area (Å²) >= 11 is 2.57. The minimum Gasteiger partial charge on any atom is -0.478 e. The molecule has 2 amide bonds. The fourth-order valence-corrected chi connectivity index (χ4v) is 5.61. The van der Waals surface area contributed by atoms with Gasteiger partial charge in [0.2, 0.25) is 0 Å². The number of aromatic nitrogens is 3. The van der Waals surface area contributed by atoms with Crippen molar-refractivity contribution < 1.29 is 24.6 Å². The maximum absolute atomic E-state index is 12.5. The van der Waals surface area contributed by atoms with Crippen molar-refractivity contribution in [2.24, 2.45) is 0 Å². The van der Waals surface area contributed by atoms with Crippen molar-refractivity contribution in [2.75, 3.05) is 5.75 Å². The van der Waals surface area contributed by atoms with Gasteiger partial charge in [-0.2, -0.15) is 4.09 Å². The van der Waals surface area contributed by atoms with Crippen LogP contribution in [0.5, 0.6) is 0 Å². The molecule has 3 N–H and O–H groups in total. The van der Waals surface area contributed by atoms with E-state index in [-0.39, 0.29) is 5.57 Å². The van der Waals surface area contributed by atoms with Gasteiger partial charge in [-0.1, -0.05) is 35.5 Å². The van der Waals surface area contributed by atoms with Gasteiger partial charge in [-0.05, 0) is 17.5 Å². The van der Waals surface area contributed by atoms with Gasteiger partial charge >= 0.3 is 5.97 Å². The molecule has 3 unspecified atom stereocenters. The normalized spacial score (nSPS) is 23.8. The van der Waals surface area contributed by atoms with E-state index < -0.39 is 40.6 Å². The van der Waals surface area contributed by atoms with Crippen molar-refractivity contribution in [1.82, 2.24) is 24.6 Å². The zero-order valence-electron chi connectivity index (χ0n) is 15.4. The predicted molar refractivity (Wildman–Crippen MR) is 109 cm³/mol. The molecule has 2 aromatic rings. The summed E-state index contributed by atoms with van der Waals surface area (Å²) in [6.07, 6.45) is 3.10. The number of nitrogens with one attached hydrogen (secondary N) is 1. The van der Waals surface area contributed by atoms with Crippen LogP contribution < -0.4 is 5.32 Å². The number of thioether (sulfide) groups is 1. The lowest BCUT2D eigenvalue weighted by molar-refractivity contribution is -0.147. The molecular formula is C18H17N5O5S2. The third kappa shape index (κ3) is 3.93. The second kappa shape index (κ2) is 8.50. The van der Waals surface area contributed by atoms with E-state index in [1.807, 2.05) is 0 Å². The molecule has 10 nitrogen and oxygen atoms in total. The lowest BCUT2D eigenvalue weighted by Crippen LogP contribution is -2.69. The van der Waals surface area contributed by atoms with Crippen molar-refractivity contribution >= 4 is 41.5 Å². The standard InChI is InChI=1S/C18H17N5O5S2/c24-14(10-4-2-1-3-5-10)15(25)20-13-16(26)22-8-11(18(27)28)12(30-17(13)22)9-29-23-7-6-19-21-23/h1-8,12-14,17,24H,9H2,(H,20,25)(H,27,28)/t12?,13?,14?,17-/m1/s1. The van der Waals surface area contributed by atoms with Crippen molar-refractivity contribution in [3.63, 3.8) is 0 Å². The Bertz CT molecular complexity index is 984. The van der Waals surface area contributed by atoms with Crippen LogP contribution in [0.4, 0.5) is 0 Å². The summed E-state index contributed by atoms with van der Waals surface area (Å²) in [5.74, 6) is -1.81. The van der Waals surface area contributed by atoms with Crippen molar-refractivity contribution in [1.29, 1.82) is 0 Å². The first-order valence-corrected chi connectivity index (χ1v) is 10.8. The van der Waals surface area contributed by atoms with Crippen LogP contribution in [0.1, 0.15) is 11.7 Å². The second-order valence-electron chi connectivity index (χ2n) is 6.55. The van der Waals surface area contributed by atoms with Crippen LogP contribution in [0.3, 0.4) is 0 Å². The maximum atomic E-state index is 12.5. The molecular weight excluding hydrogens is 430 g/mol. The summed E-state index contributed by atoms with van der Waals surface area (Å²) in [5, 5.41) is 29.0. The van der Waals surface area contributed by atoms with E-state index in [2.05, 4.69) is 15.6 Å². The molecule has 30 heavy (non-hydrogen) atoms. The van der Waals surface area contributed by atoms with Crippen LogP contribution in [0.2, 0.25) is 0 Å². The molecule has 1 fully saturated rings. The average Bonchev–Trinajstić information content (AvgIpc) is 3.28. The minimum absolute atomic E-state index is 0.103. The third-order valence-electron chi connectivity index (χ3n) is 4.68. The van der Waals surface area contributed by atoms with Crippen LogP contribution in [-0.2, 0) is 14.4 Å². The highest BCUT2D eigenvalue weighted by molar-refractivity contribution is 8.03. The van der Waals surface area contributed by atoms with E-state index >= 15 is 0 Å². The zero-order chi connectivity index (χ0) is 21.3. The quantitative estimate of drug-likeness (QED) is 0.510. The number of β-lactam (4-membered cyclic amide) rings is 1. The number of benzene rings is 1. The van der Waals surface area contributed by atoms with E-state index in [1.165, 1.54) is 45.1 Å². The highest BCUT2D eigenvalue weighted by atomic mass is 32.2. The molecule has 12 heteroatoms. The summed E-state index contributed by atoms with van der Waals surface area (Å²) < 4.78 is 1.52. The number of fused-ring (bicyclic) bond motifs is 1. The lowest BCUT2D eigenvalue weighted by Gasteiger charge is -2.49. The smallest absolute Gasteiger partial charge is 0.334 e. The van der Waals surface area contributed by atoms with E-state index in [1.54, 1.807) is 36.5 Å². The number of aliphatic hydroxyl groups is 1. The fraction of sp³-hybridized carbons (Fsp3) is 0.278. The zero-order valence-corrected chi connectivity index (χ0v) is 17.0. The van der Waals surface area contributed by atoms with Gasteiger partial charge in [-0.3, -0.25) is 9.59 Å². The summed E-state index contributed by atoms with van der Waals surface area (Å²) in [6.45, 7) is 0. The molecule has 3 heterocycles. The first-order valence-electron chi connectivity index (χ1n) is 8.91. The van der Waals surface area contributed by atoms with Gasteiger partial charge in [-0.15, -0.1) is 16.9 Å². The molecule has 1 aromatic carbocycles. The van der Waals surface area contributed by atoms with Crippen LogP contribution in [0, 0.1) is 0 Å². The highest BCUT2D eigenvalue weighted by Gasteiger charge is 2.52. The summed E-state index contributed by atoms with van der Waals surface area (Å²) in [4.78, 5) is 37.8. The van der Waals surface area contributed by atoms with E-state index in [9.17, 15) is 24.6 Å². The molecule has 1 saturated heterocycles. The first kappa shape index (κ1) is 20.4. The predicted octanol–water partition coefficient (Wildman–Crippen LogP) is 0.245. The first-order chi connectivity index (χ1) is 14.5. The molecule has 2 aliphatic rings. The number of aliphatic hydroxyl groups excluding tert-OH is 1. The van der Waals surface area contributed by atoms with Gasteiger partial charge < -0.3 is 20.4 Å². The number of hydrogen-bond donors (Lipinski definition) is 3. The van der Waals surface area contributed by atoms with Crippen LogP contribution >= 0.6 is 23.7 Å². The van der Waals surface area contributed by atoms with E-state index in [0.717, 1.165) is 0 Å². The molecule has 0 bridgehead atoms. The van der Waals surface area contributed by atoms with Gasteiger partial charge in [0.25, 0.3) is 11.8 Å². The average molecular weight is 447 g/mol. The fourth-order valence-electron chi connectivity index (χ4n) is 3.13. The van der Waals surface area contributed by atoms with Crippen molar-refractivity contribution in [2.45, 2.75) is 22.8 Å². The molecule has 0 spiro atoms. The Labute approximate surface area is 179 Å². The molecule has 156 valence electrons. The van der Waals surface area contributed by atoms with Crippen LogP contribution in [0.15, 0.2) is 54.5 Å². The highest BCUT2D eigenvalue weighted by Crippen LogP contribution is 2.41. The SMILES string of the molecule is O=C(O)C1=CN2C(=O)C(NC(=O)C(O)c3ccccc3)[C@H]2SC1CSn1ccnn1. The van der Waals surface area contributed by atoms with E-state index in [4.69, 9.17) is 0 Å². The molecule has 0 saturated carbocycles. The summed E-state index contributed by atoms with van der Waals surface area (Å²) in [7, 11) is 0. The molecule has 4 atom stereocenters. The largest absolute Gasteiger partial charge is 0.478 e. The number of rotatable bonds is 7. The summed E-state index contributed by atoms with van der Waals surface area (Å²) in [6, 6.07) is 7.57. The van der Waals surface area contributed by atoms with Gasteiger partial charge in [0, 0.05) is 12.0 Å². The molecule has 1 aromatic heterocycles. The van der Waals surface area contributed by atoms with Gasteiger partial charge in [0.1, 0.15) is 11.4 Å². The number of carbonyl (C=O) groups is 3. The Morgan fingerprint density at radius 1 is 1.30 bits per heavy atom. The Morgan fingerprint density at radius 3 is 2.73 bits per heavy atom. The second-order valence-corrected chi connectivity index (χ2v) is 8.84. The number of hydrogen-bond acceptors (Lipinski definition) is 8. The Kier molecular flexibility index (Phi) is 5.79. The monoisotopic (exact) mass is 447 g/mol. The molecule has 0 radical (unpaired) electrons. The lowest BCUT2D eigenvalue weighted by atomic mass is 10.0. The van der Waals surface area contributed by atoms with Gasteiger partial charge in [-0.25, -0.2) is 4.79 Å². The van der Waals surface area contributed by atoms with Crippen molar-refractivity contribution in [3.05, 3.63) is 60.1 Å². The van der Waals surface area contributed by atoms with Crippen LogP contribution in [-0.4, -0.2) is 69.7 Å². The molecule has 0 aliphatic carbocycles.